The van der Waals surface area contributed by atoms with Gasteiger partial charge in [-0.15, -0.1) is 0 Å². The molecule has 0 atom stereocenters. The molecule has 0 aliphatic heterocycles. The Morgan fingerprint density at radius 2 is 2.00 bits per heavy atom. The lowest BCUT2D eigenvalue weighted by Crippen LogP contribution is -2.28. The van der Waals surface area contributed by atoms with Crippen molar-refractivity contribution in [1.82, 2.24) is 5.43 Å². The minimum atomic E-state index is 0.0690. The van der Waals surface area contributed by atoms with Gasteiger partial charge in [-0.3, -0.25) is 4.79 Å². The van der Waals surface area contributed by atoms with Crippen LogP contribution in [-0.4, -0.2) is 12.1 Å². The van der Waals surface area contributed by atoms with Crippen molar-refractivity contribution in [2.75, 3.05) is 0 Å². The third-order valence-electron chi connectivity index (χ3n) is 3.54. The van der Waals surface area contributed by atoms with Crippen LogP contribution in [0.25, 0.3) is 0 Å². The average Bonchev–Trinajstić information content (AvgIpc) is 2.42. The molecule has 1 fully saturated rings. The molecule has 1 amide bonds. The maximum Gasteiger partial charge on any atom is 0.243 e. The van der Waals surface area contributed by atoms with Crippen LogP contribution in [0.4, 0.5) is 0 Å². The summed E-state index contributed by atoms with van der Waals surface area (Å²) >= 11 is 0. The monoisotopic (exact) mass is 244 g/mol. The zero-order valence-electron chi connectivity index (χ0n) is 10.9. The molecule has 18 heavy (non-hydrogen) atoms. The number of carbonyl (C=O) groups is 1. The highest BCUT2D eigenvalue weighted by Crippen LogP contribution is 2.23. The van der Waals surface area contributed by atoms with Crippen molar-refractivity contribution >= 4 is 12.1 Å². The van der Waals surface area contributed by atoms with Crippen LogP contribution in [0.5, 0.6) is 0 Å². The lowest BCUT2D eigenvalue weighted by molar-refractivity contribution is -0.125. The van der Waals surface area contributed by atoms with Gasteiger partial charge >= 0.3 is 0 Å². The van der Waals surface area contributed by atoms with Crippen molar-refractivity contribution in [2.24, 2.45) is 11.0 Å². The SMILES string of the molecule is Cc1ccccc1/C=N/NC(=O)C1CCCCC1. The second-order valence-corrected chi connectivity index (χ2v) is 4.93. The maximum atomic E-state index is 11.8. The Morgan fingerprint density at radius 3 is 2.72 bits per heavy atom. The van der Waals surface area contributed by atoms with Crippen molar-refractivity contribution < 1.29 is 4.79 Å². The van der Waals surface area contributed by atoms with E-state index >= 15 is 0 Å². The minimum absolute atomic E-state index is 0.0690. The summed E-state index contributed by atoms with van der Waals surface area (Å²) in [6.07, 6.45) is 7.32. The van der Waals surface area contributed by atoms with Crippen LogP contribution >= 0.6 is 0 Å². The van der Waals surface area contributed by atoms with Crippen LogP contribution in [0.3, 0.4) is 0 Å². The Labute approximate surface area is 108 Å². The van der Waals surface area contributed by atoms with Gasteiger partial charge in [0, 0.05) is 5.92 Å². The number of hydrogen-bond acceptors (Lipinski definition) is 2. The first-order valence-electron chi connectivity index (χ1n) is 6.66. The van der Waals surface area contributed by atoms with Crippen LogP contribution in [0.1, 0.15) is 43.2 Å². The zero-order chi connectivity index (χ0) is 12.8. The fourth-order valence-electron chi connectivity index (χ4n) is 2.35. The molecule has 1 saturated carbocycles. The van der Waals surface area contributed by atoms with Crippen LogP contribution in [-0.2, 0) is 4.79 Å². The topological polar surface area (TPSA) is 41.5 Å². The molecule has 1 aliphatic carbocycles. The van der Waals surface area contributed by atoms with Crippen molar-refractivity contribution in [3.05, 3.63) is 35.4 Å². The molecule has 3 nitrogen and oxygen atoms in total. The van der Waals surface area contributed by atoms with Gasteiger partial charge in [-0.2, -0.15) is 5.10 Å². The standard InChI is InChI=1S/C15H20N2O/c1-12-7-5-6-10-14(12)11-16-17-15(18)13-8-3-2-4-9-13/h5-7,10-11,13H,2-4,8-9H2,1H3,(H,17,18)/b16-11+. The summed E-state index contributed by atoms with van der Waals surface area (Å²) < 4.78 is 0. The van der Waals surface area contributed by atoms with Gasteiger partial charge in [-0.05, 0) is 30.9 Å². The summed E-state index contributed by atoms with van der Waals surface area (Å²) in [4.78, 5) is 11.8. The first-order valence-corrected chi connectivity index (χ1v) is 6.66. The molecule has 2 rings (SSSR count). The summed E-state index contributed by atoms with van der Waals surface area (Å²) in [5.41, 5.74) is 4.86. The molecule has 0 heterocycles. The molecule has 96 valence electrons. The predicted octanol–water partition coefficient (Wildman–Crippen LogP) is 3.03. The summed E-state index contributed by atoms with van der Waals surface area (Å²) in [6, 6.07) is 7.99. The third-order valence-corrected chi connectivity index (χ3v) is 3.54. The van der Waals surface area contributed by atoms with E-state index in [1.54, 1.807) is 6.21 Å². The van der Waals surface area contributed by atoms with Crippen molar-refractivity contribution in [3.8, 4) is 0 Å². The second kappa shape index (κ2) is 6.34. The Kier molecular flexibility index (Phi) is 4.51. The fourth-order valence-corrected chi connectivity index (χ4v) is 2.35. The van der Waals surface area contributed by atoms with E-state index in [9.17, 15) is 4.79 Å². The lowest BCUT2D eigenvalue weighted by Gasteiger charge is -2.19. The van der Waals surface area contributed by atoms with Gasteiger partial charge in [0.25, 0.3) is 0 Å². The van der Waals surface area contributed by atoms with Crippen molar-refractivity contribution in [2.45, 2.75) is 39.0 Å². The normalized spacial score (nSPS) is 16.9. The van der Waals surface area contributed by atoms with Gasteiger partial charge < -0.3 is 0 Å². The highest BCUT2D eigenvalue weighted by molar-refractivity contribution is 5.84. The van der Waals surface area contributed by atoms with E-state index in [4.69, 9.17) is 0 Å². The number of hydrogen-bond donors (Lipinski definition) is 1. The number of nitrogens with zero attached hydrogens (tertiary/aromatic N) is 1. The maximum absolute atomic E-state index is 11.8. The van der Waals surface area contributed by atoms with Crippen LogP contribution < -0.4 is 5.43 Å². The van der Waals surface area contributed by atoms with Gasteiger partial charge in [0.15, 0.2) is 0 Å². The molecule has 0 saturated heterocycles. The number of hydrazone groups is 1. The largest absolute Gasteiger partial charge is 0.273 e. The van der Waals surface area contributed by atoms with Gasteiger partial charge in [0.1, 0.15) is 0 Å². The Bertz CT molecular complexity index is 434. The molecular formula is C15H20N2O. The van der Waals surface area contributed by atoms with Crippen LogP contribution in [0.2, 0.25) is 0 Å². The molecule has 1 aromatic carbocycles. The first-order chi connectivity index (χ1) is 8.77. The number of benzene rings is 1. The molecule has 1 N–H and O–H groups in total. The molecule has 0 bridgehead atoms. The summed E-state index contributed by atoms with van der Waals surface area (Å²) in [5.74, 6) is 0.229. The predicted molar refractivity (Wildman–Crippen MR) is 73.5 cm³/mol. The van der Waals surface area contributed by atoms with E-state index in [1.165, 1.54) is 19.3 Å². The summed E-state index contributed by atoms with van der Waals surface area (Å²) in [6.45, 7) is 2.03. The van der Waals surface area contributed by atoms with Gasteiger partial charge in [0.05, 0.1) is 6.21 Å². The zero-order valence-corrected chi connectivity index (χ0v) is 10.9. The summed E-state index contributed by atoms with van der Waals surface area (Å²) in [5, 5.41) is 4.05. The second-order valence-electron chi connectivity index (χ2n) is 4.93. The highest BCUT2D eigenvalue weighted by atomic mass is 16.2. The van der Waals surface area contributed by atoms with Gasteiger partial charge in [-0.25, -0.2) is 5.43 Å². The molecule has 1 aromatic rings. The highest BCUT2D eigenvalue weighted by Gasteiger charge is 2.20. The molecule has 0 radical (unpaired) electrons. The minimum Gasteiger partial charge on any atom is -0.273 e. The molecule has 0 aromatic heterocycles. The van der Waals surface area contributed by atoms with Gasteiger partial charge in [-0.1, -0.05) is 43.5 Å². The average molecular weight is 244 g/mol. The number of nitrogens with one attached hydrogen (secondary N) is 1. The quantitative estimate of drug-likeness (QED) is 0.644. The number of aryl methyl sites for hydroxylation is 1. The molecule has 0 unspecified atom stereocenters. The van der Waals surface area contributed by atoms with E-state index in [0.717, 1.165) is 24.0 Å². The molecular weight excluding hydrogens is 224 g/mol. The van der Waals surface area contributed by atoms with E-state index in [1.807, 2.05) is 31.2 Å². The molecule has 0 spiro atoms. The van der Waals surface area contributed by atoms with Gasteiger partial charge in [0.2, 0.25) is 5.91 Å². The van der Waals surface area contributed by atoms with Crippen LogP contribution in [0, 0.1) is 12.8 Å². The first kappa shape index (κ1) is 12.8. The summed E-state index contributed by atoms with van der Waals surface area (Å²) in [7, 11) is 0. The fraction of sp³-hybridized carbons (Fsp3) is 0.467. The Morgan fingerprint density at radius 1 is 1.28 bits per heavy atom. The number of rotatable bonds is 3. The number of amides is 1. The molecule has 1 aliphatic rings. The number of carbonyl (C=O) groups excluding carboxylic acids is 1. The van der Waals surface area contributed by atoms with E-state index < -0.39 is 0 Å². The Balaban J connectivity index is 1.87. The van der Waals surface area contributed by atoms with E-state index in [0.29, 0.717) is 0 Å². The molecule has 3 heteroatoms. The van der Waals surface area contributed by atoms with Crippen molar-refractivity contribution in [3.63, 3.8) is 0 Å². The third kappa shape index (κ3) is 3.42. The van der Waals surface area contributed by atoms with E-state index in [-0.39, 0.29) is 11.8 Å². The lowest BCUT2D eigenvalue weighted by atomic mass is 9.89. The van der Waals surface area contributed by atoms with Crippen molar-refractivity contribution in [1.29, 1.82) is 0 Å². The van der Waals surface area contributed by atoms with E-state index in [2.05, 4.69) is 10.5 Å². The van der Waals surface area contributed by atoms with Crippen LogP contribution in [0.15, 0.2) is 29.4 Å². The Hall–Kier alpha value is -1.64. The smallest absolute Gasteiger partial charge is 0.243 e.